The number of nitrogens with one attached hydrogen (secondary N) is 1. The molecule has 0 amide bonds. The zero-order valence-electron chi connectivity index (χ0n) is 12.6. The van der Waals surface area contributed by atoms with E-state index in [9.17, 15) is 4.39 Å². The highest BCUT2D eigenvalue weighted by atomic mass is 19.1. The van der Waals surface area contributed by atoms with Crippen LogP contribution in [0.4, 0.5) is 4.39 Å². The van der Waals surface area contributed by atoms with Crippen LogP contribution in [0, 0.1) is 5.82 Å². The Morgan fingerprint density at radius 3 is 2.73 bits per heavy atom. The molecule has 1 aromatic heterocycles. The van der Waals surface area contributed by atoms with Crippen LogP contribution in [0.1, 0.15) is 19.4 Å². The summed E-state index contributed by atoms with van der Waals surface area (Å²) in [6.07, 6.45) is 1.63. The normalized spacial score (nSPS) is 11.5. The first-order valence-corrected chi connectivity index (χ1v) is 6.98. The van der Waals surface area contributed by atoms with Gasteiger partial charge in [-0.05, 0) is 49.7 Å². The molecule has 0 atom stereocenters. The average molecular weight is 302 g/mol. The second-order valence-corrected chi connectivity index (χ2v) is 5.06. The van der Waals surface area contributed by atoms with E-state index in [1.807, 2.05) is 19.9 Å². The van der Waals surface area contributed by atoms with E-state index in [0.29, 0.717) is 24.1 Å². The molecular formula is C16H19FN4O. The minimum Gasteiger partial charge on any atom is -0.439 e. The van der Waals surface area contributed by atoms with Crippen molar-refractivity contribution >= 4 is 5.96 Å². The lowest BCUT2D eigenvalue weighted by atomic mass is 10.2. The lowest BCUT2D eigenvalue weighted by Gasteiger charge is -2.09. The molecule has 0 spiro atoms. The third kappa shape index (κ3) is 5.05. The summed E-state index contributed by atoms with van der Waals surface area (Å²) < 4.78 is 18.4. The number of benzene rings is 1. The van der Waals surface area contributed by atoms with Gasteiger partial charge in [-0.3, -0.25) is 0 Å². The second-order valence-electron chi connectivity index (χ2n) is 5.06. The quantitative estimate of drug-likeness (QED) is 0.658. The van der Waals surface area contributed by atoms with Crippen molar-refractivity contribution in [1.82, 2.24) is 10.3 Å². The fourth-order valence-corrected chi connectivity index (χ4v) is 1.75. The number of nitrogens with zero attached hydrogens (tertiary/aromatic N) is 2. The Balaban J connectivity index is 2.02. The number of nitrogens with two attached hydrogens (primary N) is 1. The van der Waals surface area contributed by atoms with Crippen LogP contribution in [-0.4, -0.2) is 17.0 Å². The predicted molar refractivity (Wildman–Crippen MR) is 84.3 cm³/mol. The zero-order valence-corrected chi connectivity index (χ0v) is 12.6. The second kappa shape index (κ2) is 7.40. The highest BCUT2D eigenvalue weighted by Crippen LogP contribution is 2.20. The molecular weight excluding hydrogens is 283 g/mol. The zero-order chi connectivity index (χ0) is 15.9. The first-order chi connectivity index (χ1) is 10.5. The largest absolute Gasteiger partial charge is 0.439 e. The van der Waals surface area contributed by atoms with E-state index in [-0.39, 0.29) is 11.9 Å². The minimum absolute atomic E-state index is 0.235. The molecule has 0 aliphatic rings. The van der Waals surface area contributed by atoms with Crippen molar-refractivity contribution in [1.29, 1.82) is 0 Å². The molecule has 0 saturated carbocycles. The number of rotatable bonds is 5. The summed E-state index contributed by atoms with van der Waals surface area (Å²) in [5, 5.41) is 3.02. The maximum absolute atomic E-state index is 12.9. The number of guanidine groups is 1. The van der Waals surface area contributed by atoms with Gasteiger partial charge in [-0.1, -0.05) is 0 Å². The smallest absolute Gasteiger partial charge is 0.219 e. The number of halogens is 1. The van der Waals surface area contributed by atoms with Crippen molar-refractivity contribution in [2.24, 2.45) is 10.7 Å². The van der Waals surface area contributed by atoms with Gasteiger partial charge >= 0.3 is 0 Å². The number of ether oxygens (including phenoxy) is 1. The van der Waals surface area contributed by atoms with Gasteiger partial charge in [0.25, 0.3) is 0 Å². The molecule has 116 valence electrons. The third-order valence-corrected chi connectivity index (χ3v) is 2.70. The Kier molecular flexibility index (Phi) is 5.30. The molecule has 0 aliphatic carbocycles. The van der Waals surface area contributed by atoms with Gasteiger partial charge in [-0.2, -0.15) is 0 Å². The Morgan fingerprint density at radius 2 is 2.05 bits per heavy atom. The van der Waals surface area contributed by atoms with Crippen LogP contribution in [0.25, 0.3) is 0 Å². The van der Waals surface area contributed by atoms with E-state index in [0.717, 1.165) is 5.56 Å². The van der Waals surface area contributed by atoms with Crippen molar-refractivity contribution < 1.29 is 9.13 Å². The van der Waals surface area contributed by atoms with Crippen molar-refractivity contribution in [3.05, 3.63) is 54.0 Å². The molecule has 22 heavy (non-hydrogen) atoms. The van der Waals surface area contributed by atoms with Crippen LogP contribution in [0.15, 0.2) is 47.6 Å². The van der Waals surface area contributed by atoms with Gasteiger partial charge in [0.05, 0.1) is 6.54 Å². The number of aromatic nitrogens is 1. The van der Waals surface area contributed by atoms with Crippen LogP contribution in [0.3, 0.4) is 0 Å². The summed E-state index contributed by atoms with van der Waals surface area (Å²) in [6, 6.07) is 9.61. The molecule has 0 fully saturated rings. The van der Waals surface area contributed by atoms with Gasteiger partial charge in [0.15, 0.2) is 5.96 Å². The van der Waals surface area contributed by atoms with Gasteiger partial charge in [0.1, 0.15) is 11.6 Å². The minimum atomic E-state index is -0.309. The van der Waals surface area contributed by atoms with Gasteiger partial charge in [0.2, 0.25) is 5.88 Å². The molecule has 6 heteroatoms. The molecule has 0 unspecified atom stereocenters. The van der Waals surface area contributed by atoms with E-state index >= 15 is 0 Å². The first kappa shape index (κ1) is 15.8. The third-order valence-electron chi connectivity index (χ3n) is 2.70. The Morgan fingerprint density at radius 1 is 1.32 bits per heavy atom. The van der Waals surface area contributed by atoms with Crippen LogP contribution < -0.4 is 15.8 Å². The Hall–Kier alpha value is -2.63. The number of pyridine rings is 1. The lowest BCUT2D eigenvalue weighted by Crippen LogP contribution is -2.36. The maximum atomic E-state index is 12.9. The molecule has 2 rings (SSSR count). The van der Waals surface area contributed by atoms with Crippen LogP contribution in [0.2, 0.25) is 0 Å². The lowest BCUT2D eigenvalue weighted by molar-refractivity contribution is 0.460. The molecule has 1 aromatic carbocycles. The van der Waals surface area contributed by atoms with Gasteiger partial charge in [-0.25, -0.2) is 14.4 Å². The highest BCUT2D eigenvalue weighted by molar-refractivity contribution is 5.78. The summed E-state index contributed by atoms with van der Waals surface area (Å²) in [5.74, 6) is 1.04. The average Bonchev–Trinajstić information content (AvgIpc) is 2.47. The monoisotopic (exact) mass is 302 g/mol. The van der Waals surface area contributed by atoms with Gasteiger partial charge in [0, 0.05) is 18.3 Å². The highest BCUT2D eigenvalue weighted by Gasteiger charge is 2.02. The predicted octanol–water partition coefficient (Wildman–Crippen LogP) is 2.83. The van der Waals surface area contributed by atoms with E-state index in [4.69, 9.17) is 10.5 Å². The fraction of sp³-hybridized carbons (Fsp3) is 0.250. The molecule has 3 N–H and O–H groups in total. The van der Waals surface area contributed by atoms with Crippen LogP contribution in [-0.2, 0) is 6.54 Å². The molecule has 2 aromatic rings. The summed E-state index contributed by atoms with van der Waals surface area (Å²) in [7, 11) is 0. The van der Waals surface area contributed by atoms with Gasteiger partial charge in [-0.15, -0.1) is 0 Å². The number of hydrogen-bond acceptors (Lipinski definition) is 3. The van der Waals surface area contributed by atoms with E-state index < -0.39 is 0 Å². The topological polar surface area (TPSA) is 72.5 Å². The SMILES string of the molecule is CC(C)NC(N)=NCc1ccnc(Oc2ccc(F)cc2)c1. The van der Waals surface area contributed by atoms with E-state index in [2.05, 4.69) is 15.3 Å². The van der Waals surface area contributed by atoms with Crippen LogP contribution in [0.5, 0.6) is 11.6 Å². The Bertz CT molecular complexity index is 641. The summed E-state index contributed by atoms with van der Waals surface area (Å²) >= 11 is 0. The summed E-state index contributed by atoms with van der Waals surface area (Å²) in [6.45, 7) is 4.40. The number of hydrogen-bond donors (Lipinski definition) is 2. The molecule has 1 heterocycles. The van der Waals surface area contributed by atoms with Crippen molar-refractivity contribution in [3.8, 4) is 11.6 Å². The van der Waals surface area contributed by atoms with Crippen molar-refractivity contribution in [2.75, 3.05) is 0 Å². The molecule has 0 aliphatic heterocycles. The molecule has 5 nitrogen and oxygen atoms in total. The standard InChI is InChI=1S/C16H19FN4O/c1-11(2)21-16(18)20-10-12-7-8-19-15(9-12)22-14-5-3-13(17)4-6-14/h3-9,11H,10H2,1-2H3,(H3,18,20,21). The first-order valence-electron chi connectivity index (χ1n) is 6.98. The van der Waals surface area contributed by atoms with Gasteiger partial charge < -0.3 is 15.8 Å². The number of aliphatic imine (C=N–C) groups is 1. The van der Waals surface area contributed by atoms with Crippen molar-refractivity contribution in [3.63, 3.8) is 0 Å². The van der Waals surface area contributed by atoms with Crippen LogP contribution >= 0.6 is 0 Å². The van der Waals surface area contributed by atoms with Crippen molar-refractivity contribution in [2.45, 2.75) is 26.4 Å². The van der Waals surface area contributed by atoms with E-state index in [1.54, 1.807) is 24.4 Å². The fourth-order valence-electron chi connectivity index (χ4n) is 1.75. The van der Waals surface area contributed by atoms with E-state index in [1.165, 1.54) is 12.1 Å². The molecule has 0 radical (unpaired) electrons. The summed E-state index contributed by atoms with van der Waals surface area (Å²) in [4.78, 5) is 8.37. The summed E-state index contributed by atoms with van der Waals surface area (Å²) in [5.41, 5.74) is 6.67. The Labute approximate surface area is 129 Å². The molecule has 0 bridgehead atoms. The maximum Gasteiger partial charge on any atom is 0.219 e. The molecule has 0 saturated heterocycles.